The number of hydrogen-bond donors (Lipinski definition) is 0. The Morgan fingerprint density at radius 1 is 1.08 bits per heavy atom. The van der Waals surface area contributed by atoms with Gasteiger partial charge < -0.3 is 9.47 Å². The quantitative estimate of drug-likeness (QED) is 0.740. The van der Waals surface area contributed by atoms with E-state index in [1.165, 1.54) is 19.3 Å². The van der Waals surface area contributed by atoms with E-state index < -0.39 is 0 Å². The summed E-state index contributed by atoms with van der Waals surface area (Å²) >= 11 is 0. The smallest absolute Gasteiger partial charge is 0.261 e. The molecule has 1 aliphatic heterocycles. The van der Waals surface area contributed by atoms with Gasteiger partial charge in [0, 0.05) is 37.9 Å². The third kappa shape index (κ3) is 2.87. The highest BCUT2D eigenvalue weighted by Gasteiger charge is 2.14. The van der Waals surface area contributed by atoms with Gasteiger partial charge in [-0.2, -0.15) is 0 Å². The van der Waals surface area contributed by atoms with Gasteiger partial charge in [-0.1, -0.05) is 6.07 Å². The number of hydrogen-bond acceptors (Lipinski definition) is 5. The van der Waals surface area contributed by atoms with Crippen LogP contribution >= 0.6 is 0 Å². The number of pyridine rings is 2. The summed E-state index contributed by atoms with van der Waals surface area (Å²) in [4.78, 5) is 28.0. The molecule has 4 rings (SSSR count). The van der Waals surface area contributed by atoms with Crippen molar-refractivity contribution in [2.24, 2.45) is 0 Å². The molecule has 3 aromatic heterocycles. The van der Waals surface area contributed by atoms with Gasteiger partial charge in [0.1, 0.15) is 0 Å². The van der Waals surface area contributed by atoms with E-state index in [0.717, 1.165) is 24.6 Å². The number of anilines is 1. The predicted octanol–water partition coefficient (Wildman–Crippen LogP) is 2.23. The molecule has 1 fully saturated rings. The average molecular weight is 321 g/mol. The van der Waals surface area contributed by atoms with Crippen LogP contribution in [0.2, 0.25) is 0 Å². The topological polar surface area (TPSA) is 63.9 Å². The summed E-state index contributed by atoms with van der Waals surface area (Å²) in [5.74, 6) is 0.728. The second-order valence-corrected chi connectivity index (χ2v) is 6.13. The van der Waals surface area contributed by atoms with Crippen LogP contribution in [0.1, 0.15) is 24.8 Å². The van der Waals surface area contributed by atoms with Crippen molar-refractivity contribution >= 4 is 16.9 Å². The molecule has 0 aliphatic carbocycles. The summed E-state index contributed by atoms with van der Waals surface area (Å²) < 4.78 is 1.67. The van der Waals surface area contributed by atoms with Crippen LogP contribution in [0.25, 0.3) is 10.9 Å². The Hall–Kier alpha value is -2.76. The van der Waals surface area contributed by atoms with E-state index in [4.69, 9.17) is 0 Å². The van der Waals surface area contributed by atoms with Crippen LogP contribution in [0.4, 0.5) is 5.95 Å². The maximum absolute atomic E-state index is 12.7. The van der Waals surface area contributed by atoms with Gasteiger partial charge in [0.25, 0.3) is 5.56 Å². The Labute approximate surface area is 139 Å². The molecule has 122 valence electrons. The number of rotatable bonds is 3. The molecule has 1 saturated heterocycles. The van der Waals surface area contributed by atoms with Gasteiger partial charge in [-0.25, -0.2) is 9.97 Å². The van der Waals surface area contributed by atoms with Crippen molar-refractivity contribution in [1.29, 1.82) is 0 Å². The minimum Gasteiger partial charge on any atom is -0.341 e. The predicted molar refractivity (Wildman–Crippen MR) is 93.2 cm³/mol. The number of nitrogens with zero attached hydrogens (tertiary/aromatic N) is 5. The van der Waals surface area contributed by atoms with Crippen molar-refractivity contribution in [2.45, 2.75) is 25.8 Å². The molecule has 0 unspecified atom stereocenters. The SMILES string of the molecule is O=c1c2cnc(N3CCCCC3)nc2ccn1Cc1cccnc1. The Morgan fingerprint density at radius 2 is 1.96 bits per heavy atom. The molecular formula is C18H19N5O. The Morgan fingerprint density at radius 3 is 2.75 bits per heavy atom. The zero-order valence-electron chi connectivity index (χ0n) is 13.4. The van der Waals surface area contributed by atoms with Gasteiger partial charge in [0.2, 0.25) is 5.95 Å². The van der Waals surface area contributed by atoms with E-state index >= 15 is 0 Å². The lowest BCUT2D eigenvalue weighted by Gasteiger charge is -2.26. The van der Waals surface area contributed by atoms with Gasteiger partial charge in [-0.05, 0) is 37.0 Å². The molecule has 3 aromatic rings. The lowest BCUT2D eigenvalue weighted by molar-refractivity contribution is 0.569. The van der Waals surface area contributed by atoms with E-state index in [0.29, 0.717) is 17.4 Å². The van der Waals surface area contributed by atoms with Crippen molar-refractivity contribution in [2.75, 3.05) is 18.0 Å². The standard InChI is InChI=1S/C18H19N5O/c24-17-15-12-20-18(22-8-2-1-3-9-22)21-16(15)6-10-23(17)13-14-5-4-7-19-11-14/h4-7,10-12H,1-3,8-9,13H2. The van der Waals surface area contributed by atoms with Crippen LogP contribution in [0.3, 0.4) is 0 Å². The van der Waals surface area contributed by atoms with Crippen molar-refractivity contribution in [3.05, 3.63) is 58.9 Å². The highest BCUT2D eigenvalue weighted by molar-refractivity contribution is 5.77. The molecule has 0 atom stereocenters. The van der Waals surface area contributed by atoms with Gasteiger partial charge in [0.15, 0.2) is 0 Å². The fraction of sp³-hybridized carbons (Fsp3) is 0.333. The van der Waals surface area contributed by atoms with Crippen LogP contribution in [0, 0.1) is 0 Å². The molecule has 6 heteroatoms. The second kappa shape index (κ2) is 6.39. The van der Waals surface area contributed by atoms with E-state index in [9.17, 15) is 4.79 Å². The van der Waals surface area contributed by atoms with E-state index in [2.05, 4.69) is 19.9 Å². The zero-order chi connectivity index (χ0) is 16.4. The van der Waals surface area contributed by atoms with Crippen molar-refractivity contribution in [3.8, 4) is 0 Å². The molecule has 24 heavy (non-hydrogen) atoms. The van der Waals surface area contributed by atoms with Gasteiger partial charge in [-0.3, -0.25) is 9.78 Å². The monoisotopic (exact) mass is 321 g/mol. The largest absolute Gasteiger partial charge is 0.341 e. The summed E-state index contributed by atoms with van der Waals surface area (Å²) in [6, 6.07) is 5.72. The Bertz CT molecular complexity index is 900. The first kappa shape index (κ1) is 14.8. The number of piperidine rings is 1. The lowest BCUT2D eigenvalue weighted by Crippen LogP contribution is -2.31. The van der Waals surface area contributed by atoms with Crippen molar-refractivity contribution in [1.82, 2.24) is 19.5 Å². The van der Waals surface area contributed by atoms with Gasteiger partial charge in [-0.15, -0.1) is 0 Å². The van der Waals surface area contributed by atoms with Crippen LogP contribution in [-0.4, -0.2) is 32.6 Å². The Balaban J connectivity index is 1.68. The van der Waals surface area contributed by atoms with Crippen LogP contribution in [0.5, 0.6) is 0 Å². The van der Waals surface area contributed by atoms with Crippen LogP contribution < -0.4 is 10.5 Å². The number of aromatic nitrogens is 4. The molecule has 0 aromatic carbocycles. The highest BCUT2D eigenvalue weighted by Crippen LogP contribution is 2.17. The second-order valence-electron chi connectivity index (χ2n) is 6.13. The van der Waals surface area contributed by atoms with E-state index in [1.807, 2.05) is 18.2 Å². The normalized spacial score (nSPS) is 14.9. The molecule has 0 bridgehead atoms. The average Bonchev–Trinajstić information content (AvgIpc) is 2.65. The molecular weight excluding hydrogens is 302 g/mol. The fourth-order valence-corrected chi connectivity index (χ4v) is 3.12. The van der Waals surface area contributed by atoms with Gasteiger partial charge >= 0.3 is 0 Å². The summed E-state index contributed by atoms with van der Waals surface area (Å²) in [5.41, 5.74) is 1.63. The maximum atomic E-state index is 12.7. The first-order valence-electron chi connectivity index (χ1n) is 8.31. The molecule has 0 radical (unpaired) electrons. The molecule has 0 N–H and O–H groups in total. The third-order valence-corrected chi connectivity index (χ3v) is 4.42. The first-order valence-corrected chi connectivity index (χ1v) is 8.31. The molecule has 0 amide bonds. The summed E-state index contributed by atoms with van der Waals surface area (Å²) in [6.45, 7) is 2.48. The summed E-state index contributed by atoms with van der Waals surface area (Å²) in [7, 11) is 0. The minimum absolute atomic E-state index is 0.0680. The first-order chi connectivity index (χ1) is 11.8. The number of fused-ring (bicyclic) bond motifs is 1. The fourth-order valence-electron chi connectivity index (χ4n) is 3.12. The van der Waals surface area contributed by atoms with Crippen LogP contribution in [0.15, 0.2) is 47.8 Å². The summed E-state index contributed by atoms with van der Waals surface area (Å²) in [6.07, 6.45) is 10.6. The lowest BCUT2D eigenvalue weighted by atomic mass is 10.1. The maximum Gasteiger partial charge on any atom is 0.261 e. The Kier molecular flexibility index (Phi) is 3.94. The molecule has 1 aliphatic rings. The van der Waals surface area contributed by atoms with Crippen molar-refractivity contribution < 1.29 is 0 Å². The van der Waals surface area contributed by atoms with E-state index in [-0.39, 0.29) is 5.56 Å². The highest BCUT2D eigenvalue weighted by atomic mass is 16.1. The van der Waals surface area contributed by atoms with Crippen molar-refractivity contribution in [3.63, 3.8) is 0 Å². The molecule has 0 spiro atoms. The van der Waals surface area contributed by atoms with Gasteiger partial charge in [0.05, 0.1) is 17.4 Å². The molecule has 4 heterocycles. The zero-order valence-corrected chi connectivity index (χ0v) is 13.4. The van der Waals surface area contributed by atoms with Crippen LogP contribution in [-0.2, 0) is 6.54 Å². The summed E-state index contributed by atoms with van der Waals surface area (Å²) in [5, 5.41) is 0.558. The molecule has 0 saturated carbocycles. The van der Waals surface area contributed by atoms with E-state index in [1.54, 1.807) is 29.4 Å². The molecule has 6 nitrogen and oxygen atoms in total. The minimum atomic E-state index is -0.0680. The third-order valence-electron chi connectivity index (χ3n) is 4.42.